The lowest BCUT2D eigenvalue weighted by Crippen LogP contribution is -2.48. The van der Waals surface area contributed by atoms with E-state index in [-0.39, 0.29) is 12.3 Å². The first kappa shape index (κ1) is 19.2. The van der Waals surface area contributed by atoms with Gasteiger partial charge in [-0.15, -0.1) is 0 Å². The zero-order valence-electron chi connectivity index (χ0n) is 15.0. The van der Waals surface area contributed by atoms with Crippen molar-refractivity contribution in [2.75, 3.05) is 44.7 Å². The summed E-state index contributed by atoms with van der Waals surface area (Å²) in [4.78, 5) is 16.5. The predicted molar refractivity (Wildman–Crippen MR) is 97.4 cm³/mol. The Balaban J connectivity index is 1.60. The molecule has 0 amide bonds. The molecule has 0 saturated carbocycles. The number of hydrogen-bond donors (Lipinski definition) is 0. The van der Waals surface area contributed by atoms with Crippen molar-refractivity contribution >= 4 is 11.5 Å². The summed E-state index contributed by atoms with van der Waals surface area (Å²) >= 11 is 0. The second-order valence-electron chi connectivity index (χ2n) is 6.43. The molecule has 144 valence electrons. The second kappa shape index (κ2) is 8.00. The molecule has 1 saturated heterocycles. The van der Waals surface area contributed by atoms with Gasteiger partial charge in [-0.2, -0.15) is 13.2 Å². The Kier molecular flexibility index (Phi) is 5.70. The average Bonchev–Trinajstić information content (AvgIpc) is 2.68. The van der Waals surface area contributed by atoms with Crippen molar-refractivity contribution < 1.29 is 22.7 Å². The molecule has 0 aromatic heterocycles. The first-order chi connectivity index (χ1) is 12.9. The van der Waals surface area contributed by atoms with E-state index in [1.54, 1.807) is 24.3 Å². The van der Waals surface area contributed by atoms with Crippen molar-refractivity contribution in [2.24, 2.45) is 0 Å². The van der Waals surface area contributed by atoms with Gasteiger partial charge in [-0.05, 0) is 30.3 Å². The van der Waals surface area contributed by atoms with Gasteiger partial charge in [0.05, 0.1) is 24.8 Å². The number of nitrogens with zero attached hydrogens (tertiary/aromatic N) is 2. The summed E-state index contributed by atoms with van der Waals surface area (Å²) in [5.74, 6) is 0.519. The van der Waals surface area contributed by atoms with Crippen LogP contribution < -0.4 is 9.64 Å². The zero-order chi connectivity index (χ0) is 19.4. The zero-order valence-corrected chi connectivity index (χ0v) is 15.0. The molecule has 0 unspecified atom stereocenters. The first-order valence-corrected chi connectivity index (χ1v) is 8.69. The number of ketones is 1. The average molecular weight is 378 g/mol. The third kappa shape index (κ3) is 4.60. The molecule has 1 fully saturated rings. The fourth-order valence-electron chi connectivity index (χ4n) is 3.21. The maximum Gasteiger partial charge on any atom is 0.416 e. The van der Waals surface area contributed by atoms with E-state index in [1.807, 2.05) is 15.9 Å². The monoisotopic (exact) mass is 378 g/mol. The molecular formula is C20H21F3N2O2. The van der Waals surface area contributed by atoms with Crippen molar-refractivity contribution in [1.29, 1.82) is 0 Å². The molecule has 1 aliphatic heterocycles. The van der Waals surface area contributed by atoms with Crippen molar-refractivity contribution in [3.63, 3.8) is 0 Å². The van der Waals surface area contributed by atoms with Crippen molar-refractivity contribution in [1.82, 2.24) is 4.90 Å². The minimum absolute atomic E-state index is 0.0278. The number of carbonyl (C=O) groups is 1. The molecule has 1 aliphatic rings. The quantitative estimate of drug-likeness (QED) is 0.743. The Bertz CT molecular complexity index is 800. The first-order valence-electron chi connectivity index (χ1n) is 8.69. The third-order valence-electron chi connectivity index (χ3n) is 4.69. The van der Waals surface area contributed by atoms with Gasteiger partial charge in [-0.25, -0.2) is 0 Å². The summed E-state index contributed by atoms with van der Waals surface area (Å²) in [6.07, 6.45) is -4.35. The van der Waals surface area contributed by atoms with Crippen molar-refractivity contribution in [2.45, 2.75) is 6.18 Å². The molecule has 2 aromatic rings. The number of carbonyl (C=O) groups excluding carboxylic acids is 1. The van der Waals surface area contributed by atoms with Crippen LogP contribution in [-0.4, -0.2) is 50.5 Å². The molecule has 2 aromatic carbocycles. The molecular weight excluding hydrogens is 357 g/mol. The number of halogens is 3. The van der Waals surface area contributed by atoms with Crippen LogP contribution in [0.5, 0.6) is 5.75 Å². The summed E-state index contributed by atoms with van der Waals surface area (Å²) in [7, 11) is 1.53. The fraction of sp³-hybridized carbons (Fsp3) is 0.350. The molecule has 0 aliphatic carbocycles. The second-order valence-corrected chi connectivity index (χ2v) is 6.43. The minimum Gasteiger partial charge on any atom is -0.496 e. The molecule has 27 heavy (non-hydrogen) atoms. The lowest BCUT2D eigenvalue weighted by molar-refractivity contribution is -0.137. The Morgan fingerprint density at radius 2 is 1.74 bits per heavy atom. The van der Waals surface area contributed by atoms with Crippen LogP contribution in [0, 0.1) is 0 Å². The SMILES string of the molecule is COc1ccccc1C(=O)CN1CCN(c2cccc(C(F)(F)F)c2)CC1. The van der Waals surface area contributed by atoms with Crippen molar-refractivity contribution in [3.8, 4) is 5.75 Å². The van der Waals surface area contributed by atoms with Gasteiger partial charge in [0.2, 0.25) is 0 Å². The Labute approximate surface area is 156 Å². The molecule has 7 heteroatoms. The molecule has 0 spiro atoms. The summed E-state index contributed by atoms with van der Waals surface area (Å²) in [6, 6.07) is 12.4. The molecule has 3 rings (SSSR count). The molecule has 0 N–H and O–H groups in total. The maximum atomic E-state index is 12.9. The van der Waals surface area contributed by atoms with E-state index in [0.717, 1.165) is 6.07 Å². The van der Waals surface area contributed by atoms with E-state index in [0.29, 0.717) is 43.2 Å². The number of Topliss-reactive ketones (excluding diaryl/α,β-unsaturated/α-hetero) is 1. The smallest absolute Gasteiger partial charge is 0.416 e. The van der Waals surface area contributed by atoms with E-state index in [2.05, 4.69) is 0 Å². The largest absolute Gasteiger partial charge is 0.496 e. The Hall–Kier alpha value is -2.54. The lowest BCUT2D eigenvalue weighted by atomic mass is 10.1. The maximum absolute atomic E-state index is 12.9. The number of anilines is 1. The van der Waals surface area contributed by atoms with Gasteiger partial charge in [-0.1, -0.05) is 18.2 Å². The summed E-state index contributed by atoms with van der Waals surface area (Å²) < 4.78 is 43.9. The van der Waals surface area contributed by atoms with Crippen LogP contribution >= 0.6 is 0 Å². The highest BCUT2D eigenvalue weighted by Crippen LogP contribution is 2.31. The number of hydrogen-bond acceptors (Lipinski definition) is 4. The van der Waals surface area contributed by atoms with E-state index >= 15 is 0 Å². The van der Waals surface area contributed by atoms with Crippen LogP contribution in [0.15, 0.2) is 48.5 Å². The normalized spacial score (nSPS) is 15.6. The van der Waals surface area contributed by atoms with Gasteiger partial charge in [0.25, 0.3) is 0 Å². The van der Waals surface area contributed by atoms with Gasteiger partial charge >= 0.3 is 6.18 Å². The molecule has 0 atom stereocenters. The van der Waals surface area contributed by atoms with Gasteiger partial charge in [-0.3, -0.25) is 9.69 Å². The van der Waals surface area contributed by atoms with Crippen LogP contribution in [0.25, 0.3) is 0 Å². The van der Waals surface area contributed by atoms with Crippen LogP contribution in [0.1, 0.15) is 15.9 Å². The summed E-state index contributed by atoms with van der Waals surface area (Å²) in [5.41, 5.74) is 0.453. The highest BCUT2D eigenvalue weighted by molar-refractivity contribution is 6.00. The lowest BCUT2D eigenvalue weighted by Gasteiger charge is -2.36. The standard InChI is InChI=1S/C20H21F3N2O2/c1-27-19-8-3-2-7-17(19)18(26)14-24-9-11-25(12-10-24)16-6-4-5-15(13-16)20(21,22)23/h2-8,13H,9-12,14H2,1H3. The van der Waals surface area contributed by atoms with Crippen LogP contribution in [-0.2, 0) is 6.18 Å². The topological polar surface area (TPSA) is 32.8 Å². The van der Waals surface area contributed by atoms with Crippen LogP contribution in [0.4, 0.5) is 18.9 Å². The van der Waals surface area contributed by atoms with Gasteiger partial charge in [0.15, 0.2) is 5.78 Å². The van der Waals surface area contributed by atoms with E-state index in [1.165, 1.54) is 19.2 Å². The Morgan fingerprint density at radius 1 is 1.04 bits per heavy atom. The van der Waals surface area contributed by atoms with Crippen LogP contribution in [0.3, 0.4) is 0 Å². The van der Waals surface area contributed by atoms with Crippen LogP contribution in [0.2, 0.25) is 0 Å². The number of piperazine rings is 1. The van der Waals surface area contributed by atoms with E-state index in [9.17, 15) is 18.0 Å². The number of alkyl halides is 3. The fourth-order valence-corrected chi connectivity index (χ4v) is 3.21. The highest BCUT2D eigenvalue weighted by Gasteiger charge is 2.31. The summed E-state index contributed by atoms with van der Waals surface area (Å²) in [5, 5.41) is 0. The number of rotatable bonds is 5. The van der Waals surface area contributed by atoms with Gasteiger partial charge in [0, 0.05) is 31.9 Å². The van der Waals surface area contributed by atoms with E-state index in [4.69, 9.17) is 4.74 Å². The number of methoxy groups -OCH3 is 1. The van der Waals surface area contributed by atoms with Gasteiger partial charge < -0.3 is 9.64 Å². The Morgan fingerprint density at radius 3 is 2.41 bits per heavy atom. The molecule has 0 radical (unpaired) electrons. The predicted octanol–water partition coefficient (Wildman–Crippen LogP) is 3.72. The van der Waals surface area contributed by atoms with Gasteiger partial charge in [0.1, 0.15) is 5.75 Å². The molecule has 0 bridgehead atoms. The summed E-state index contributed by atoms with van der Waals surface area (Å²) in [6.45, 7) is 2.62. The minimum atomic E-state index is -4.35. The van der Waals surface area contributed by atoms with E-state index < -0.39 is 11.7 Å². The highest BCUT2D eigenvalue weighted by atomic mass is 19.4. The third-order valence-corrected chi connectivity index (χ3v) is 4.69. The van der Waals surface area contributed by atoms with Crippen molar-refractivity contribution in [3.05, 3.63) is 59.7 Å². The molecule has 1 heterocycles. The number of para-hydroxylation sites is 1. The molecule has 4 nitrogen and oxygen atoms in total. The number of ether oxygens (including phenoxy) is 1. The number of benzene rings is 2.